The fourth-order valence-corrected chi connectivity index (χ4v) is 2.31. The molecule has 0 radical (unpaired) electrons. The summed E-state index contributed by atoms with van der Waals surface area (Å²) in [4.78, 5) is 0. The topological polar surface area (TPSA) is 43.8 Å². The molecule has 14 heavy (non-hydrogen) atoms. The molecule has 1 aromatic rings. The second kappa shape index (κ2) is 3.39. The summed E-state index contributed by atoms with van der Waals surface area (Å²) in [6, 6.07) is 0.206. The van der Waals surface area contributed by atoms with E-state index in [4.69, 9.17) is 5.73 Å². The maximum atomic E-state index is 6.26. The molecule has 0 saturated heterocycles. The summed E-state index contributed by atoms with van der Waals surface area (Å²) in [7, 11) is 1.99. The Kier molecular flexibility index (Phi) is 2.35. The Labute approximate surface area is 85.3 Å². The maximum Gasteiger partial charge on any atom is 0.0644 e. The summed E-state index contributed by atoms with van der Waals surface area (Å²) in [5.41, 5.74) is 9.86. The highest BCUT2D eigenvalue weighted by Gasteiger charge is 2.29. The van der Waals surface area contributed by atoms with Crippen molar-refractivity contribution in [2.75, 3.05) is 0 Å². The first-order chi connectivity index (χ1) is 6.61. The fraction of sp³-hybridized carbons (Fsp3) is 0.727. The molecule has 0 aliphatic heterocycles. The van der Waals surface area contributed by atoms with E-state index in [1.807, 2.05) is 11.7 Å². The zero-order valence-corrected chi connectivity index (χ0v) is 9.25. The summed E-state index contributed by atoms with van der Waals surface area (Å²) in [5.74, 6) is 0.691. The average molecular weight is 193 g/mol. The van der Waals surface area contributed by atoms with Gasteiger partial charge in [-0.3, -0.25) is 4.68 Å². The second-order valence-electron chi connectivity index (χ2n) is 4.42. The lowest BCUT2D eigenvalue weighted by atomic mass is 9.77. The van der Waals surface area contributed by atoms with Gasteiger partial charge in [-0.25, -0.2) is 0 Å². The Balaban J connectivity index is 2.29. The van der Waals surface area contributed by atoms with Crippen LogP contribution in [-0.4, -0.2) is 9.78 Å². The predicted molar refractivity (Wildman–Crippen MR) is 57.0 cm³/mol. The van der Waals surface area contributed by atoms with E-state index in [1.54, 1.807) is 0 Å². The summed E-state index contributed by atoms with van der Waals surface area (Å²) in [6.07, 6.45) is 3.92. The van der Waals surface area contributed by atoms with E-state index in [2.05, 4.69) is 18.9 Å². The van der Waals surface area contributed by atoms with E-state index in [-0.39, 0.29) is 6.04 Å². The van der Waals surface area contributed by atoms with Gasteiger partial charge in [0.05, 0.1) is 5.69 Å². The molecule has 0 spiro atoms. The van der Waals surface area contributed by atoms with Crippen LogP contribution in [0.3, 0.4) is 0 Å². The van der Waals surface area contributed by atoms with Crippen molar-refractivity contribution in [2.24, 2.45) is 18.7 Å². The third kappa shape index (κ3) is 1.36. The van der Waals surface area contributed by atoms with Crippen LogP contribution in [0.15, 0.2) is 0 Å². The number of aryl methyl sites for hydroxylation is 2. The molecule has 3 heteroatoms. The summed E-state index contributed by atoms with van der Waals surface area (Å²) in [5, 5.41) is 4.41. The molecule has 2 N–H and O–H groups in total. The maximum absolute atomic E-state index is 6.26. The van der Waals surface area contributed by atoms with Crippen LogP contribution >= 0.6 is 0 Å². The molecule has 0 bridgehead atoms. The lowest BCUT2D eigenvalue weighted by Crippen LogP contribution is -2.27. The highest BCUT2D eigenvalue weighted by atomic mass is 15.3. The number of rotatable bonds is 2. The Morgan fingerprint density at radius 3 is 2.43 bits per heavy atom. The number of aromatic nitrogens is 2. The van der Waals surface area contributed by atoms with Gasteiger partial charge in [0.2, 0.25) is 0 Å². The molecule has 3 nitrogen and oxygen atoms in total. The van der Waals surface area contributed by atoms with Crippen LogP contribution in [-0.2, 0) is 7.05 Å². The molecule has 1 saturated carbocycles. The number of hydrogen-bond acceptors (Lipinski definition) is 2. The van der Waals surface area contributed by atoms with Crippen molar-refractivity contribution < 1.29 is 0 Å². The third-order valence-corrected chi connectivity index (χ3v) is 3.56. The first-order valence-electron chi connectivity index (χ1n) is 5.37. The molecular formula is C11H19N3. The Hall–Kier alpha value is -0.830. The average Bonchev–Trinajstić information content (AvgIpc) is 2.23. The summed E-state index contributed by atoms with van der Waals surface area (Å²) >= 11 is 0. The van der Waals surface area contributed by atoms with E-state index < -0.39 is 0 Å². The third-order valence-electron chi connectivity index (χ3n) is 3.56. The Morgan fingerprint density at radius 1 is 1.43 bits per heavy atom. The van der Waals surface area contributed by atoms with Crippen molar-refractivity contribution >= 4 is 0 Å². The van der Waals surface area contributed by atoms with Gasteiger partial charge < -0.3 is 5.73 Å². The zero-order valence-electron chi connectivity index (χ0n) is 9.25. The minimum atomic E-state index is 0.206. The molecule has 0 amide bonds. The molecule has 1 aromatic heterocycles. The second-order valence-corrected chi connectivity index (χ2v) is 4.42. The highest BCUT2D eigenvalue weighted by Crippen LogP contribution is 2.37. The van der Waals surface area contributed by atoms with Crippen molar-refractivity contribution in [3.8, 4) is 0 Å². The van der Waals surface area contributed by atoms with Crippen molar-refractivity contribution in [2.45, 2.75) is 39.2 Å². The monoisotopic (exact) mass is 193 g/mol. The molecular weight excluding hydrogens is 174 g/mol. The van der Waals surface area contributed by atoms with Gasteiger partial charge in [-0.05, 0) is 32.6 Å². The quantitative estimate of drug-likeness (QED) is 0.778. The van der Waals surface area contributed by atoms with Crippen molar-refractivity contribution in [1.82, 2.24) is 9.78 Å². The normalized spacial score (nSPS) is 19.4. The smallest absolute Gasteiger partial charge is 0.0644 e. The lowest BCUT2D eigenvalue weighted by molar-refractivity contribution is 0.263. The molecule has 1 unspecified atom stereocenters. The predicted octanol–water partition coefficient (Wildman–Crippen LogP) is 1.84. The minimum absolute atomic E-state index is 0.206. The van der Waals surface area contributed by atoms with Gasteiger partial charge in [0.1, 0.15) is 0 Å². The van der Waals surface area contributed by atoms with Gasteiger partial charge in [-0.1, -0.05) is 6.42 Å². The van der Waals surface area contributed by atoms with Crippen LogP contribution in [0.2, 0.25) is 0 Å². The van der Waals surface area contributed by atoms with E-state index >= 15 is 0 Å². The van der Waals surface area contributed by atoms with E-state index in [0.717, 1.165) is 5.69 Å². The van der Waals surface area contributed by atoms with Crippen LogP contribution in [0.4, 0.5) is 0 Å². The van der Waals surface area contributed by atoms with Crippen LogP contribution < -0.4 is 5.73 Å². The zero-order chi connectivity index (χ0) is 10.3. The molecule has 0 aromatic carbocycles. The van der Waals surface area contributed by atoms with Crippen molar-refractivity contribution in [3.05, 3.63) is 17.0 Å². The summed E-state index contributed by atoms with van der Waals surface area (Å²) in [6.45, 7) is 4.16. The van der Waals surface area contributed by atoms with Gasteiger partial charge >= 0.3 is 0 Å². The Bertz CT molecular complexity index is 337. The number of nitrogens with zero attached hydrogens (tertiary/aromatic N) is 2. The molecule has 1 heterocycles. The van der Waals surface area contributed by atoms with Crippen LogP contribution in [0.5, 0.6) is 0 Å². The largest absolute Gasteiger partial charge is 0.324 e. The lowest BCUT2D eigenvalue weighted by Gasteiger charge is -2.31. The van der Waals surface area contributed by atoms with Crippen LogP contribution in [0.1, 0.15) is 42.3 Å². The van der Waals surface area contributed by atoms with E-state index in [9.17, 15) is 0 Å². The van der Waals surface area contributed by atoms with Crippen molar-refractivity contribution in [1.29, 1.82) is 0 Å². The van der Waals surface area contributed by atoms with Gasteiger partial charge in [0.25, 0.3) is 0 Å². The molecule has 1 aliphatic rings. The van der Waals surface area contributed by atoms with Gasteiger partial charge in [0, 0.05) is 24.3 Å². The van der Waals surface area contributed by atoms with Crippen LogP contribution in [0.25, 0.3) is 0 Å². The van der Waals surface area contributed by atoms with Gasteiger partial charge in [0.15, 0.2) is 0 Å². The standard InChI is InChI=1S/C11H19N3/c1-7-10(8(2)14(3)13-7)11(12)9-5-4-6-9/h9,11H,4-6,12H2,1-3H3. The molecule has 1 fully saturated rings. The Morgan fingerprint density at radius 2 is 2.07 bits per heavy atom. The first-order valence-corrected chi connectivity index (χ1v) is 5.37. The summed E-state index contributed by atoms with van der Waals surface area (Å²) < 4.78 is 1.93. The molecule has 2 rings (SSSR count). The number of hydrogen-bond donors (Lipinski definition) is 1. The van der Waals surface area contributed by atoms with Crippen molar-refractivity contribution in [3.63, 3.8) is 0 Å². The van der Waals surface area contributed by atoms with Crippen LogP contribution in [0, 0.1) is 19.8 Å². The molecule has 1 aliphatic carbocycles. The molecule has 78 valence electrons. The highest BCUT2D eigenvalue weighted by molar-refractivity contribution is 5.28. The van der Waals surface area contributed by atoms with E-state index in [1.165, 1.54) is 30.5 Å². The van der Waals surface area contributed by atoms with E-state index in [0.29, 0.717) is 5.92 Å². The fourth-order valence-electron chi connectivity index (χ4n) is 2.31. The van der Waals surface area contributed by atoms with Gasteiger partial charge in [-0.15, -0.1) is 0 Å². The first kappa shape index (κ1) is 9.71. The van der Waals surface area contributed by atoms with Gasteiger partial charge in [-0.2, -0.15) is 5.10 Å². The minimum Gasteiger partial charge on any atom is -0.324 e. The number of nitrogens with two attached hydrogens (primary N) is 1. The SMILES string of the molecule is Cc1nn(C)c(C)c1C(N)C1CCC1. The molecule has 1 atom stereocenters.